The van der Waals surface area contributed by atoms with Crippen molar-refractivity contribution in [1.29, 1.82) is 0 Å². The first-order chi connectivity index (χ1) is 16.4. The first kappa shape index (κ1) is 23.0. The summed E-state index contributed by atoms with van der Waals surface area (Å²) in [6.07, 6.45) is -1.20. The number of pyridine rings is 1. The summed E-state index contributed by atoms with van der Waals surface area (Å²) in [6.45, 7) is 2.08. The molecule has 4 rings (SSSR count). The quantitative estimate of drug-likeness (QED) is 0.324. The molecule has 3 aromatic rings. The molecule has 176 valence electrons. The zero-order chi connectivity index (χ0) is 24.2. The molecule has 1 aromatic heterocycles. The minimum atomic E-state index is -1.20. The number of hydroxylamine groups is 1. The third-order valence-electron chi connectivity index (χ3n) is 5.79. The summed E-state index contributed by atoms with van der Waals surface area (Å²) >= 11 is 0. The predicted molar refractivity (Wildman–Crippen MR) is 122 cm³/mol. The zero-order valence-electron chi connectivity index (χ0n) is 18.4. The Hall–Kier alpha value is -4.18. The van der Waals surface area contributed by atoms with Gasteiger partial charge in [0.25, 0.3) is 5.91 Å². The number of benzene rings is 2. The second-order valence-corrected chi connectivity index (χ2v) is 8.10. The molecule has 2 heterocycles. The molecule has 0 radical (unpaired) electrons. The van der Waals surface area contributed by atoms with Crippen LogP contribution in [0.15, 0.2) is 54.6 Å². The Morgan fingerprint density at radius 2 is 1.85 bits per heavy atom. The van der Waals surface area contributed by atoms with E-state index in [9.17, 15) is 19.5 Å². The van der Waals surface area contributed by atoms with E-state index in [1.807, 2.05) is 37.3 Å². The summed E-state index contributed by atoms with van der Waals surface area (Å²) in [4.78, 5) is 41.4. The molecule has 1 fully saturated rings. The van der Waals surface area contributed by atoms with Crippen LogP contribution in [0.3, 0.4) is 0 Å². The van der Waals surface area contributed by atoms with Crippen LogP contribution in [0.2, 0.25) is 0 Å². The SMILES string of the molecule is Cc1cc(COc2ccc(C(=O)N[C@H]3CN(C(=O)O)CC3C(=O)NO)cc2)c2ccccc2n1. The average Bonchev–Trinajstić information content (AvgIpc) is 3.26. The predicted octanol–water partition coefficient (Wildman–Crippen LogP) is 2.34. The Bertz CT molecular complexity index is 1230. The largest absolute Gasteiger partial charge is 0.489 e. The van der Waals surface area contributed by atoms with Crippen molar-refractivity contribution in [2.45, 2.75) is 19.6 Å². The van der Waals surface area contributed by atoms with Gasteiger partial charge in [-0.25, -0.2) is 10.3 Å². The number of likely N-dealkylation sites (tertiary alicyclic amines) is 1. The van der Waals surface area contributed by atoms with Crippen LogP contribution >= 0.6 is 0 Å². The molecule has 2 atom stereocenters. The lowest BCUT2D eigenvalue weighted by Crippen LogP contribution is -2.45. The molecule has 10 heteroatoms. The molecule has 34 heavy (non-hydrogen) atoms. The summed E-state index contributed by atoms with van der Waals surface area (Å²) < 4.78 is 5.91. The van der Waals surface area contributed by atoms with Crippen LogP contribution in [-0.4, -0.2) is 57.2 Å². The van der Waals surface area contributed by atoms with Gasteiger partial charge in [-0.1, -0.05) is 18.2 Å². The number of amides is 3. The topological polar surface area (TPSA) is 141 Å². The maximum atomic E-state index is 12.7. The molecular weight excluding hydrogens is 440 g/mol. The van der Waals surface area contributed by atoms with Crippen molar-refractivity contribution in [3.63, 3.8) is 0 Å². The van der Waals surface area contributed by atoms with Crippen LogP contribution < -0.4 is 15.5 Å². The fourth-order valence-electron chi connectivity index (χ4n) is 4.08. The average molecular weight is 464 g/mol. The number of nitrogens with zero attached hydrogens (tertiary/aromatic N) is 2. The highest BCUT2D eigenvalue weighted by Gasteiger charge is 2.40. The van der Waals surface area contributed by atoms with Crippen molar-refractivity contribution in [2.75, 3.05) is 13.1 Å². The molecule has 1 aliphatic heterocycles. The maximum absolute atomic E-state index is 12.7. The van der Waals surface area contributed by atoms with Gasteiger partial charge >= 0.3 is 6.09 Å². The summed E-state index contributed by atoms with van der Waals surface area (Å²) in [5, 5.41) is 21.8. The molecule has 1 unspecified atom stereocenters. The van der Waals surface area contributed by atoms with Crippen molar-refractivity contribution < 1.29 is 29.4 Å². The third-order valence-corrected chi connectivity index (χ3v) is 5.79. The highest BCUT2D eigenvalue weighted by molar-refractivity contribution is 5.95. The van der Waals surface area contributed by atoms with Crippen molar-refractivity contribution in [3.8, 4) is 5.75 Å². The number of hydrogen-bond acceptors (Lipinski definition) is 6. The van der Waals surface area contributed by atoms with Crippen molar-refractivity contribution in [2.24, 2.45) is 5.92 Å². The first-order valence-electron chi connectivity index (χ1n) is 10.7. The van der Waals surface area contributed by atoms with E-state index in [0.29, 0.717) is 17.9 Å². The van der Waals surface area contributed by atoms with Gasteiger partial charge in [0.2, 0.25) is 5.91 Å². The lowest BCUT2D eigenvalue weighted by molar-refractivity contribution is -0.133. The minimum absolute atomic E-state index is 0.0559. The number of fused-ring (bicyclic) bond motifs is 1. The minimum Gasteiger partial charge on any atom is -0.489 e. The van der Waals surface area contributed by atoms with Crippen LogP contribution in [0.5, 0.6) is 5.75 Å². The number of ether oxygens (including phenoxy) is 1. The van der Waals surface area contributed by atoms with Crippen LogP contribution in [0.1, 0.15) is 21.6 Å². The maximum Gasteiger partial charge on any atom is 0.407 e. The summed E-state index contributed by atoms with van der Waals surface area (Å²) in [6, 6.07) is 15.6. The summed E-state index contributed by atoms with van der Waals surface area (Å²) in [7, 11) is 0. The van der Waals surface area contributed by atoms with Crippen LogP contribution in [0.25, 0.3) is 10.9 Å². The molecule has 3 amide bonds. The van der Waals surface area contributed by atoms with Crippen LogP contribution in [0.4, 0.5) is 4.79 Å². The molecule has 0 saturated carbocycles. The Morgan fingerprint density at radius 3 is 2.56 bits per heavy atom. The Labute approximate surface area is 195 Å². The number of carboxylic acid groups (broad SMARTS) is 1. The van der Waals surface area contributed by atoms with E-state index in [0.717, 1.165) is 27.1 Å². The first-order valence-corrected chi connectivity index (χ1v) is 10.7. The fraction of sp³-hybridized carbons (Fsp3) is 0.250. The Kier molecular flexibility index (Phi) is 6.60. The van der Waals surface area contributed by atoms with Gasteiger partial charge in [0, 0.05) is 35.3 Å². The van der Waals surface area contributed by atoms with E-state index in [2.05, 4.69) is 10.3 Å². The van der Waals surface area contributed by atoms with E-state index in [1.165, 1.54) is 5.48 Å². The fourth-order valence-corrected chi connectivity index (χ4v) is 4.08. The van der Waals surface area contributed by atoms with Crippen molar-refractivity contribution in [1.82, 2.24) is 20.7 Å². The van der Waals surface area contributed by atoms with Gasteiger partial charge in [-0.3, -0.25) is 19.8 Å². The normalized spacial score (nSPS) is 17.4. The van der Waals surface area contributed by atoms with Gasteiger partial charge in [-0.2, -0.15) is 0 Å². The molecule has 2 aromatic carbocycles. The number of carbonyl (C=O) groups excluding carboxylic acids is 2. The molecular formula is C24H24N4O6. The number of carbonyl (C=O) groups is 3. The van der Waals surface area contributed by atoms with Crippen LogP contribution in [0, 0.1) is 12.8 Å². The van der Waals surface area contributed by atoms with Gasteiger partial charge in [0.05, 0.1) is 17.5 Å². The number of rotatable bonds is 6. The lowest BCUT2D eigenvalue weighted by atomic mass is 10.0. The number of hydrogen-bond donors (Lipinski definition) is 4. The second kappa shape index (κ2) is 9.75. The number of aromatic nitrogens is 1. The highest BCUT2D eigenvalue weighted by atomic mass is 16.5. The molecule has 0 bridgehead atoms. The van der Waals surface area contributed by atoms with Crippen molar-refractivity contribution >= 4 is 28.8 Å². The molecule has 0 aliphatic carbocycles. The van der Waals surface area contributed by atoms with Gasteiger partial charge in [-0.05, 0) is 43.3 Å². The third kappa shape index (κ3) is 4.91. The summed E-state index contributed by atoms with van der Waals surface area (Å²) in [5.74, 6) is -1.54. The van der Waals surface area contributed by atoms with E-state index in [1.54, 1.807) is 24.3 Å². The number of aryl methyl sites for hydroxylation is 1. The summed E-state index contributed by atoms with van der Waals surface area (Å²) in [5.41, 5.74) is 4.65. The van der Waals surface area contributed by atoms with E-state index < -0.39 is 29.9 Å². The second-order valence-electron chi connectivity index (χ2n) is 8.10. The van der Waals surface area contributed by atoms with E-state index >= 15 is 0 Å². The molecule has 0 spiro atoms. The molecule has 1 saturated heterocycles. The van der Waals surface area contributed by atoms with Gasteiger partial charge in [0.1, 0.15) is 12.4 Å². The Morgan fingerprint density at radius 1 is 1.12 bits per heavy atom. The van der Waals surface area contributed by atoms with Gasteiger partial charge < -0.3 is 20.1 Å². The van der Waals surface area contributed by atoms with Crippen molar-refractivity contribution in [3.05, 3.63) is 71.4 Å². The van der Waals surface area contributed by atoms with Gasteiger partial charge in [-0.15, -0.1) is 0 Å². The van der Waals surface area contributed by atoms with Gasteiger partial charge in [0.15, 0.2) is 0 Å². The Balaban J connectivity index is 1.41. The standard InChI is InChI=1S/C24H24N4O6/c1-14-10-16(18-4-2-3-5-20(18)25-14)13-34-17-8-6-15(7-9-17)22(29)26-21-12-28(24(31)32)11-19(21)23(30)27-33/h2-10,19,21,33H,11-13H2,1H3,(H,26,29)(H,27,30)(H,31,32)/t19?,21-/m0/s1. The number of para-hydroxylation sites is 1. The zero-order valence-corrected chi connectivity index (χ0v) is 18.4. The van der Waals surface area contributed by atoms with Crippen LogP contribution in [-0.2, 0) is 11.4 Å². The highest BCUT2D eigenvalue weighted by Crippen LogP contribution is 2.22. The smallest absolute Gasteiger partial charge is 0.407 e. The van der Waals surface area contributed by atoms with E-state index in [4.69, 9.17) is 9.94 Å². The molecule has 4 N–H and O–H groups in total. The number of nitrogens with one attached hydrogen (secondary N) is 2. The lowest BCUT2D eigenvalue weighted by Gasteiger charge is -2.18. The molecule has 1 aliphatic rings. The molecule has 10 nitrogen and oxygen atoms in total. The van der Waals surface area contributed by atoms with E-state index in [-0.39, 0.29) is 13.1 Å². The monoisotopic (exact) mass is 464 g/mol.